The molecule has 1 heterocycles. The Labute approximate surface area is 161 Å². The van der Waals surface area contributed by atoms with E-state index in [1.54, 1.807) is 0 Å². The van der Waals surface area contributed by atoms with Crippen LogP contribution in [-0.2, 0) is 4.79 Å². The Morgan fingerprint density at radius 3 is 2.74 bits per heavy atom. The van der Waals surface area contributed by atoms with Gasteiger partial charge in [0.2, 0.25) is 0 Å². The second-order valence-corrected chi connectivity index (χ2v) is 7.31. The van der Waals surface area contributed by atoms with Crippen molar-refractivity contribution in [3.05, 3.63) is 29.8 Å². The second kappa shape index (κ2) is 7.82. The van der Waals surface area contributed by atoms with Crippen LogP contribution in [-0.4, -0.2) is 57.0 Å². The largest absolute Gasteiger partial charge is 0.480 e. The Kier molecular flexibility index (Phi) is 5.67. The third-order valence-electron chi connectivity index (χ3n) is 5.23. The number of carbonyl (C=O) groups is 2. The van der Waals surface area contributed by atoms with Crippen LogP contribution < -0.4 is 5.32 Å². The zero-order valence-corrected chi connectivity index (χ0v) is 15.5. The number of nitrogens with one attached hydrogen (secondary N) is 2. The number of rotatable bonds is 7. The average molecular weight is 397 g/mol. The molecule has 27 heavy (non-hydrogen) atoms. The molecule has 1 aromatic heterocycles. The summed E-state index contributed by atoms with van der Waals surface area (Å²) in [6.07, 6.45) is 5.20. The third kappa shape index (κ3) is 4.39. The van der Waals surface area contributed by atoms with E-state index in [0.717, 1.165) is 6.54 Å². The maximum absolute atomic E-state index is 13.7. The summed E-state index contributed by atoms with van der Waals surface area (Å²) in [5, 5.41) is 12.0. The Balaban J connectivity index is 0.00000210. The SMILES string of the molecule is Cl.O=C(O)CN(CC1CC1)C1CC(NC(=O)c2cc(F)cc3[nH]cnc23)C1. The molecule has 1 amide bonds. The molecule has 0 saturated heterocycles. The fraction of sp³-hybridized carbons (Fsp3) is 0.500. The van der Waals surface area contributed by atoms with E-state index in [-0.39, 0.29) is 42.5 Å². The summed E-state index contributed by atoms with van der Waals surface area (Å²) in [6.45, 7) is 0.856. The predicted octanol–water partition coefficient (Wildman–Crippen LogP) is 2.18. The molecule has 9 heteroatoms. The van der Waals surface area contributed by atoms with E-state index < -0.39 is 11.8 Å². The van der Waals surface area contributed by atoms with Gasteiger partial charge >= 0.3 is 5.97 Å². The molecule has 7 nitrogen and oxygen atoms in total. The van der Waals surface area contributed by atoms with Crippen molar-refractivity contribution in [3.8, 4) is 0 Å². The number of carbonyl (C=O) groups excluding carboxylic acids is 1. The zero-order chi connectivity index (χ0) is 18.3. The number of amides is 1. The van der Waals surface area contributed by atoms with Gasteiger partial charge in [0, 0.05) is 18.6 Å². The molecule has 0 atom stereocenters. The van der Waals surface area contributed by atoms with Gasteiger partial charge in [-0.05, 0) is 43.7 Å². The van der Waals surface area contributed by atoms with Crippen LogP contribution >= 0.6 is 12.4 Å². The molecule has 0 unspecified atom stereocenters. The molecule has 2 fully saturated rings. The number of halogens is 2. The first kappa shape index (κ1) is 19.6. The Hall–Kier alpha value is -2.19. The van der Waals surface area contributed by atoms with Crippen molar-refractivity contribution in [2.24, 2.45) is 5.92 Å². The summed E-state index contributed by atoms with van der Waals surface area (Å²) in [5.74, 6) is -1.05. The summed E-state index contributed by atoms with van der Waals surface area (Å²) >= 11 is 0. The van der Waals surface area contributed by atoms with Crippen molar-refractivity contribution >= 4 is 35.3 Å². The van der Waals surface area contributed by atoms with Crippen LogP contribution in [0.5, 0.6) is 0 Å². The highest BCUT2D eigenvalue weighted by Gasteiger charge is 2.38. The maximum Gasteiger partial charge on any atom is 0.317 e. The van der Waals surface area contributed by atoms with E-state index in [0.29, 0.717) is 29.8 Å². The minimum Gasteiger partial charge on any atom is -0.480 e. The number of hydrogen-bond donors (Lipinski definition) is 3. The lowest BCUT2D eigenvalue weighted by molar-refractivity contribution is -0.139. The Morgan fingerprint density at radius 1 is 1.33 bits per heavy atom. The fourth-order valence-corrected chi connectivity index (χ4v) is 3.60. The molecule has 4 rings (SSSR count). The zero-order valence-electron chi connectivity index (χ0n) is 14.7. The number of imidazole rings is 1. The van der Waals surface area contributed by atoms with E-state index in [9.17, 15) is 14.0 Å². The number of carboxylic acids is 1. The minimum atomic E-state index is -0.821. The van der Waals surface area contributed by atoms with Crippen LogP contribution in [0.2, 0.25) is 0 Å². The maximum atomic E-state index is 13.7. The first-order valence-electron chi connectivity index (χ1n) is 8.89. The van der Waals surface area contributed by atoms with Crippen LogP contribution in [0.4, 0.5) is 4.39 Å². The quantitative estimate of drug-likeness (QED) is 0.666. The predicted molar refractivity (Wildman–Crippen MR) is 99.5 cm³/mol. The number of H-pyrrole nitrogens is 1. The van der Waals surface area contributed by atoms with Gasteiger partial charge in [0.15, 0.2) is 0 Å². The number of aromatic nitrogens is 2. The lowest BCUT2D eigenvalue weighted by Crippen LogP contribution is -2.55. The third-order valence-corrected chi connectivity index (χ3v) is 5.23. The minimum absolute atomic E-state index is 0. The molecule has 2 aromatic rings. The van der Waals surface area contributed by atoms with Crippen LogP contribution in [0.25, 0.3) is 11.0 Å². The Morgan fingerprint density at radius 2 is 2.07 bits per heavy atom. The second-order valence-electron chi connectivity index (χ2n) is 7.31. The van der Waals surface area contributed by atoms with Crippen molar-refractivity contribution in [1.29, 1.82) is 0 Å². The number of fused-ring (bicyclic) bond motifs is 1. The monoisotopic (exact) mass is 396 g/mol. The molecular formula is C18H22ClFN4O3. The van der Waals surface area contributed by atoms with E-state index in [1.165, 1.54) is 31.3 Å². The van der Waals surface area contributed by atoms with Crippen molar-refractivity contribution in [2.45, 2.75) is 37.8 Å². The molecule has 2 aliphatic carbocycles. The summed E-state index contributed by atoms with van der Waals surface area (Å²) in [5.41, 5.74) is 1.14. The van der Waals surface area contributed by atoms with Crippen LogP contribution in [0.3, 0.4) is 0 Å². The highest BCUT2D eigenvalue weighted by atomic mass is 35.5. The standard InChI is InChI=1S/C18H21FN4O3.ClH/c19-11-3-14(17-15(4-11)20-9-21-17)18(26)22-12-5-13(6-12)23(8-16(24)25)7-10-1-2-10;/h3-4,9-10,12-13H,1-2,5-8H2,(H,20,21)(H,22,26)(H,24,25);1H. The number of nitrogens with zero attached hydrogens (tertiary/aromatic N) is 2. The Bertz CT molecular complexity index is 848. The summed E-state index contributed by atoms with van der Waals surface area (Å²) < 4.78 is 13.7. The summed E-state index contributed by atoms with van der Waals surface area (Å²) in [4.78, 5) is 32.5. The van der Waals surface area contributed by atoms with Crippen molar-refractivity contribution in [1.82, 2.24) is 20.2 Å². The van der Waals surface area contributed by atoms with Crippen molar-refractivity contribution in [3.63, 3.8) is 0 Å². The molecule has 1 aromatic carbocycles. The summed E-state index contributed by atoms with van der Waals surface area (Å²) in [7, 11) is 0. The van der Waals surface area contributed by atoms with Gasteiger partial charge in [-0.3, -0.25) is 14.5 Å². The van der Waals surface area contributed by atoms with Crippen LogP contribution in [0.1, 0.15) is 36.0 Å². The van der Waals surface area contributed by atoms with Crippen molar-refractivity contribution < 1.29 is 19.1 Å². The number of aromatic amines is 1. The number of hydrogen-bond acceptors (Lipinski definition) is 4. The molecular weight excluding hydrogens is 375 g/mol. The van der Waals surface area contributed by atoms with Gasteiger partial charge < -0.3 is 15.4 Å². The molecule has 0 radical (unpaired) electrons. The highest BCUT2D eigenvalue weighted by molar-refractivity contribution is 6.05. The molecule has 2 aliphatic rings. The lowest BCUT2D eigenvalue weighted by atomic mass is 9.85. The normalized spacial score (nSPS) is 21.6. The topological polar surface area (TPSA) is 98.3 Å². The first-order valence-corrected chi connectivity index (χ1v) is 8.89. The van der Waals surface area contributed by atoms with E-state index >= 15 is 0 Å². The number of aliphatic carboxylic acids is 1. The fourth-order valence-electron chi connectivity index (χ4n) is 3.60. The molecule has 3 N–H and O–H groups in total. The smallest absolute Gasteiger partial charge is 0.317 e. The van der Waals surface area contributed by atoms with Gasteiger partial charge in [0.1, 0.15) is 11.3 Å². The van der Waals surface area contributed by atoms with E-state index in [4.69, 9.17) is 5.11 Å². The highest BCUT2D eigenvalue weighted by Crippen LogP contribution is 2.34. The molecule has 0 bridgehead atoms. The molecule has 0 spiro atoms. The number of benzene rings is 1. The van der Waals surface area contributed by atoms with Gasteiger partial charge in [-0.2, -0.15) is 0 Å². The lowest BCUT2D eigenvalue weighted by Gasteiger charge is -2.42. The van der Waals surface area contributed by atoms with Gasteiger partial charge in [0.25, 0.3) is 5.91 Å². The number of carboxylic acid groups (broad SMARTS) is 1. The van der Waals surface area contributed by atoms with E-state index in [2.05, 4.69) is 15.3 Å². The van der Waals surface area contributed by atoms with Crippen LogP contribution in [0.15, 0.2) is 18.5 Å². The van der Waals surface area contributed by atoms with Crippen molar-refractivity contribution in [2.75, 3.05) is 13.1 Å². The molecule has 2 saturated carbocycles. The molecule has 146 valence electrons. The molecule has 0 aliphatic heterocycles. The van der Waals surface area contributed by atoms with Gasteiger partial charge in [-0.15, -0.1) is 12.4 Å². The van der Waals surface area contributed by atoms with Gasteiger partial charge in [0.05, 0.1) is 24.0 Å². The van der Waals surface area contributed by atoms with Crippen LogP contribution in [0, 0.1) is 11.7 Å². The van der Waals surface area contributed by atoms with Gasteiger partial charge in [-0.25, -0.2) is 9.37 Å². The average Bonchev–Trinajstić information content (AvgIpc) is 3.22. The van der Waals surface area contributed by atoms with Gasteiger partial charge in [-0.1, -0.05) is 0 Å². The summed E-state index contributed by atoms with van der Waals surface area (Å²) in [6, 6.07) is 2.65. The first-order chi connectivity index (χ1) is 12.5. The van der Waals surface area contributed by atoms with E-state index in [1.807, 2.05) is 4.90 Å².